The summed E-state index contributed by atoms with van der Waals surface area (Å²) in [5, 5.41) is 0.948. The molecule has 0 saturated carbocycles. The third-order valence-electron chi connectivity index (χ3n) is 5.21. The molecular weight excluding hydrogens is 360 g/mol. The molecule has 4 aromatic rings. The van der Waals surface area contributed by atoms with E-state index in [0.29, 0.717) is 5.58 Å². The van der Waals surface area contributed by atoms with Crippen LogP contribution < -0.4 is 10.4 Å². The van der Waals surface area contributed by atoms with Gasteiger partial charge in [0.15, 0.2) is 0 Å². The number of benzene rings is 3. The van der Waals surface area contributed by atoms with Gasteiger partial charge in [0.25, 0.3) is 0 Å². The molecule has 0 aliphatic carbocycles. The fourth-order valence-corrected chi connectivity index (χ4v) is 3.52. The van der Waals surface area contributed by atoms with Crippen LogP contribution in [0.25, 0.3) is 33.2 Å². The summed E-state index contributed by atoms with van der Waals surface area (Å²) < 4.78 is 10.7. The van der Waals surface area contributed by atoms with Crippen molar-refractivity contribution in [2.45, 2.75) is 26.2 Å². The van der Waals surface area contributed by atoms with Crippen molar-refractivity contribution < 1.29 is 9.15 Å². The summed E-state index contributed by atoms with van der Waals surface area (Å²) in [4.78, 5) is 12.2. The summed E-state index contributed by atoms with van der Waals surface area (Å²) in [5.74, 6) is 0.825. The van der Waals surface area contributed by atoms with Gasteiger partial charge in [0.05, 0.1) is 7.11 Å². The number of hydrogen-bond donors (Lipinski definition) is 0. The quantitative estimate of drug-likeness (QED) is 0.382. The number of fused-ring (bicyclic) bond motifs is 1. The first-order valence-corrected chi connectivity index (χ1v) is 9.68. The van der Waals surface area contributed by atoms with Crippen molar-refractivity contribution >= 4 is 11.0 Å². The first-order valence-electron chi connectivity index (χ1n) is 9.68. The summed E-state index contributed by atoms with van der Waals surface area (Å²) in [5.41, 5.74) is 5.52. The third-order valence-corrected chi connectivity index (χ3v) is 5.21. The highest BCUT2D eigenvalue weighted by Gasteiger charge is 2.16. The van der Waals surface area contributed by atoms with E-state index in [-0.39, 0.29) is 11.0 Å². The monoisotopic (exact) mass is 384 g/mol. The van der Waals surface area contributed by atoms with Crippen molar-refractivity contribution in [1.82, 2.24) is 0 Å². The minimum absolute atomic E-state index is 0.00649. The van der Waals surface area contributed by atoms with E-state index in [1.54, 1.807) is 13.2 Å². The van der Waals surface area contributed by atoms with Crippen LogP contribution in [0.4, 0.5) is 0 Å². The summed E-state index contributed by atoms with van der Waals surface area (Å²) in [7, 11) is 1.66. The summed E-state index contributed by atoms with van der Waals surface area (Å²) in [6.07, 6.45) is 0. The largest absolute Gasteiger partial charge is 0.497 e. The van der Waals surface area contributed by atoms with E-state index >= 15 is 0 Å². The molecule has 1 aromatic heterocycles. The lowest BCUT2D eigenvalue weighted by molar-refractivity contribution is 0.415. The van der Waals surface area contributed by atoms with Gasteiger partial charge >= 0.3 is 5.63 Å². The van der Waals surface area contributed by atoms with Crippen LogP contribution in [0.15, 0.2) is 82.0 Å². The maximum absolute atomic E-state index is 12.2. The number of methoxy groups -OCH3 is 1. The second kappa shape index (κ2) is 7.25. The molecule has 0 fully saturated rings. The topological polar surface area (TPSA) is 39.4 Å². The van der Waals surface area contributed by atoms with Crippen molar-refractivity contribution in [3.8, 4) is 28.0 Å². The van der Waals surface area contributed by atoms with Crippen LogP contribution >= 0.6 is 0 Å². The molecule has 0 atom stereocenters. The Balaban J connectivity index is 1.88. The summed E-state index contributed by atoms with van der Waals surface area (Å²) >= 11 is 0. The Morgan fingerprint density at radius 3 is 2.21 bits per heavy atom. The van der Waals surface area contributed by atoms with Crippen LogP contribution in [0.1, 0.15) is 26.3 Å². The van der Waals surface area contributed by atoms with Crippen molar-refractivity contribution in [2.24, 2.45) is 0 Å². The Hall–Kier alpha value is -3.33. The molecule has 0 spiro atoms. The van der Waals surface area contributed by atoms with E-state index in [1.165, 1.54) is 5.56 Å². The average Bonchev–Trinajstić information content (AvgIpc) is 2.72. The predicted molar refractivity (Wildman–Crippen MR) is 119 cm³/mol. The molecule has 4 rings (SSSR count). The normalized spacial score (nSPS) is 11.6. The van der Waals surface area contributed by atoms with Gasteiger partial charge < -0.3 is 9.15 Å². The Morgan fingerprint density at radius 2 is 1.52 bits per heavy atom. The summed E-state index contributed by atoms with van der Waals surface area (Å²) in [6, 6.07) is 23.8. The van der Waals surface area contributed by atoms with Crippen LogP contribution in [0.2, 0.25) is 0 Å². The average molecular weight is 384 g/mol. The fourth-order valence-electron chi connectivity index (χ4n) is 3.52. The zero-order valence-electron chi connectivity index (χ0n) is 17.2. The highest BCUT2D eigenvalue weighted by molar-refractivity contribution is 5.94. The molecule has 0 N–H and O–H groups in total. The van der Waals surface area contributed by atoms with Gasteiger partial charge in [-0.25, -0.2) is 4.79 Å². The number of rotatable bonds is 3. The van der Waals surface area contributed by atoms with E-state index in [4.69, 9.17) is 9.15 Å². The van der Waals surface area contributed by atoms with Gasteiger partial charge in [-0.05, 0) is 63.6 Å². The molecule has 1 heterocycles. The van der Waals surface area contributed by atoms with Crippen molar-refractivity contribution in [3.05, 3.63) is 88.8 Å². The molecule has 0 amide bonds. The minimum Gasteiger partial charge on any atom is -0.497 e. The van der Waals surface area contributed by atoms with Gasteiger partial charge in [0.1, 0.15) is 11.3 Å². The molecule has 29 heavy (non-hydrogen) atoms. The molecule has 0 radical (unpaired) electrons. The van der Waals surface area contributed by atoms with E-state index < -0.39 is 0 Å². The zero-order valence-corrected chi connectivity index (χ0v) is 17.2. The van der Waals surface area contributed by atoms with Crippen LogP contribution in [0, 0.1) is 0 Å². The van der Waals surface area contributed by atoms with Gasteiger partial charge in [-0.2, -0.15) is 0 Å². The molecule has 0 saturated heterocycles. The first-order chi connectivity index (χ1) is 13.8. The van der Waals surface area contributed by atoms with Gasteiger partial charge in [0, 0.05) is 11.5 Å². The molecule has 0 unspecified atom stereocenters. The number of hydrogen-bond acceptors (Lipinski definition) is 3. The van der Waals surface area contributed by atoms with Crippen molar-refractivity contribution in [3.63, 3.8) is 0 Å². The lowest BCUT2D eigenvalue weighted by atomic mass is 9.85. The van der Waals surface area contributed by atoms with Gasteiger partial charge in [-0.15, -0.1) is 0 Å². The maximum atomic E-state index is 12.2. The van der Waals surface area contributed by atoms with E-state index in [1.807, 2.05) is 48.5 Å². The van der Waals surface area contributed by atoms with E-state index in [0.717, 1.165) is 33.4 Å². The highest BCUT2D eigenvalue weighted by Crippen LogP contribution is 2.33. The summed E-state index contributed by atoms with van der Waals surface area (Å²) in [6.45, 7) is 6.53. The van der Waals surface area contributed by atoms with Gasteiger partial charge in [-0.1, -0.05) is 57.2 Å². The lowest BCUT2D eigenvalue weighted by Crippen LogP contribution is -2.11. The molecule has 3 aromatic carbocycles. The molecular formula is C26H24O3. The highest BCUT2D eigenvalue weighted by atomic mass is 16.5. The Bertz CT molecular complexity index is 1230. The van der Waals surface area contributed by atoms with Crippen LogP contribution in [-0.4, -0.2) is 7.11 Å². The minimum atomic E-state index is -0.342. The number of ether oxygens (including phenoxy) is 1. The Labute approximate surface area is 170 Å². The molecule has 0 aliphatic rings. The fraction of sp³-hybridized carbons (Fsp3) is 0.192. The Morgan fingerprint density at radius 1 is 0.793 bits per heavy atom. The van der Waals surface area contributed by atoms with Gasteiger partial charge in [-0.3, -0.25) is 0 Å². The molecule has 146 valence electrons. The second-order valence-corrected chi connectivity index (χ2v) is 8.25. The van der Waals surface area contributed by atoms with Crippen LogP contribution in [-0.2, 0) is 5.41 Å². The van der Waals surface area contributed by atoms with E-state index in [2.05, 4.69) is 39.0 Å². The lowest BCUT2D eigenvalue weighted by Gasteiger charge is -2.20. The van der Waals surface area contributed by atoms with Crippen LogP contribution in [0.3, 0.4) is 0 Å². The zero-order chi connectivity index (χ0) is 20.6. The first kappa shape index (κ1) is 19.0. The standard InChI is InChI=1S/C26H24O3/c1-26(2,3)20-10-13-24-23(15-20)22(16-25(27)29-24)19-7-5-6-18(14-19)17-8-11-21(28-4)12-9-17/h5-16H,1-4H3. The van der Waals surface area contributed by atoms with Gasteiger partial charge in [0.2, 0.25) is 0 Å². The maximum Gasteiger partial charge on any atom is 0.336 e. The van der Waals surface area contributed by atoms with Crippen molar-refractivity contribution in [1.29, 1.82) is 0 Å². The predicted octanol–water partition coefficient (Wildman–Crippen LogP) is 6.43. The van der Waals surface area contributed by atoms with E-state index in [9.17, 15) is 4.79 Å². The third kappa shape index (κ3) is 3.81. The molecule has 0 aliphatic heterocycles. The smallest absolute Gasteiger partial charge is 0.336 e. The SMILES string of the molecule is COc1ccc(-c2cccc(-c3cc(=O)oc4ccc(C(C)(C)C)cc34)c2)cc1. The Kier molecular flexibility index (Phi) is 4.75. The second-order valence-electron chi connectivity index (χ2n) is 8.25. The van der Waals surface area contributed by atoms with Crippen molar-refractivity contribution in [2.75, 3.05) is 7.11 Å². The van der Waals surface area contributed by atoms with Crippen LogP contribution in [0.5, 0.6) is 5.75 Å². The molecule has 0 bridgehead atoms. The molecule has 3 heteroatoms. The molecule has 3 nitrogen and oxygen atoms in total.